The largest absolute Gasteiger partial charge is 0.417 e. The van der Waals surface area contributed by atoms with Gasteiger partial charge in [-0.15, -0.1) is 0 Å². The van der Waals surface area contributed by atoms with Crippen LogP contribution < -0.4 is 21.3 Å². The van der Waals surface area contributed by atoms with Crippen LogP contribution in [-0.2, 0) is 11.0 Å². The quantitative estimate of drug-likeness (QED) is 0.623. The number of halogens is 3. The zero-order valence-corrected chi connectivity index (χ0v) is 14.5. The number of allylic oxidation sites excluding steroid dienone is 1. The summed E-state index contributed by atoms with van der Waals surface area (Å²) in [6.45, 7) is 1.10. The number of benzene rings is 1. The minimum atomic E-state index is -4.50. The molecule has 146 valence electrons. The molecule has 3 heterocycles. The maximum Gasteiger partial charge on any atom is 0.417 e. The van der Waals surface area contributed by atoms with Crippen molar-refractivity contribution >= 4 is 11.6 Å². The molecule has 4 rings (SSSR count). The van der Waals surface area contributed by atoms with Crippen LogP contribution in [-0.4, -0.2) is 36.0 Å². The number of amides is 1. The van der Waals surface area contributed by atoms with Crippen LogP contribution in [0.1, 0.15) is 11.1 Å². The molecule has 4 N–H and O–H groups in total. The molecule has 3 aliphatic rings. The number of nitrogens with one attached hydrogen (secondary N) is 4. The van der Waals surface area contributed by atoms with Crippen LogP contribution in [0.4, 0.5) is 13.2 Å². The van der Waals surface area contributed by atoms with Crippen molar-refractivity contribution in [2.45, 2.75) is 12.3 Å². The third-order valence-electron chi connectivity index (χ3n) is 4.39. The second-order valence-electron chi connectivity index (χ2n) is 6.30. The topological polar surface area (TPSA) is 80.8 Å². The summed E-state index contributed by atoms with van der Waals surface area (Å²) in [5, 5.41) is 17.4. The van der Waals surface area contributed by atoms with Crippen molar-refractivity contribution in [2.75, 3.05) is 13.2 Å². The summed E-state index contributed by atoms with van der Waals surface area (Å²) in [5.74, 6) is -0.408. The highest BCUT2D eigenvalue weighted by Crippen LogP contribution is 2.33. The van der Waals surface area contributed by atoms with E-state index in [1.54, 1.807) is 12.3 Å². The molecule has 0 fully saturated rings. The molecule has 0 saturated heterocycles. The Bertz CT molecular complexity index is 918. The first-order valence-electron chi connectivity index (χ1n) is 8.57. The van der Waals surface area contributed by atoms with Crippen LogP contribution in [0.5, 0.6) is 0 Å². The molecule has 10 heteroatoms. The molecular weight excluding hydrogens is 373 g/mol. The Morgan fingerprint density at radius 2 is 2.07 bits per heavy atom. The van der Waals surface area contributed by atoms with E-state index in [0.717, 1.165) is 6.07 Å². The number of nitrogens with zero attached hydrogens (tertiary/aromatic N) is 2. The van der Waals surface area contributed by atoms with Crippen LogP contribution in [0.15, 0.2) is 65.3 Å². The van der Waals surface area contributed by atoms with Gasteiger partial charge in [0.2, 0.25) is 0 Å². The maximum atomic E-state index is 13.3. The number of hydrogen-bond donors (Lipinski definition) is 4. The molecular formula is C18H17F3N6O. The normalized spacial score (nSPS) is 21.0. The molecule has 0 aliphatic carbocycles. The fraction of sp³-hybridized carbons (Fsp3) is 0.222. The van der Waals surface area contributed by atoms with Crippen LogP contribution in [0.25, 0.3) is 0 Å². The van der Waals surface area contributed by atoms with E-state index in [1.165, 1.54) is 35.5 Å². The monoisotopic (exact) mass is 390 g/mol. The van der Waals surface area contributed by atoms with E-state index in [9.17, 15) is 18.0 Å². The highest BCUT2D eigenvalue weighted by Gasteiger charge is 2.36. The first-order chi connectivity index (χ1) is 13.4. The number of alkyl halides is 3. The molecule has 0 radical (unpaired) electrons. The lowest BCUT2D eigenvalue weighted by molar-refractivity contribution is -0.137. The number of hydrogen-bond acceptors (Lipinski definition) is 6. The Labute approximate surface area is 158 Å². The number of carbonyl (C=O) groups is 1. The second-order valence-corrected chi connectivity index (χ2v) is 6.30. The van der Waals surface area contributed by atoms with Gasteiger partial charge in [0, 0.05) is 30.2 Å². The molecule has 0 bridgehead atoms. The van der Waals surface area contributed by atoms with Gasteiger partial charge in [-0.3, -0.25) is 10.1 Å². The lowest BCUT2D eigenvalue weighted by Crippen LogP contribution is -2.42. The Morgan fingerprint density at radius 3 is 2.82 bits per heavy atom. The van der Waals surface area contributed by atoms with E-state index in [4.69, 9.17) is 0 Å². The molecule has 0 aromatic heterocycles. The lowest BCUT2D eigenvalue weighted by atomic mass is 10.0. The standard InChI is InChI=1S/C18H17F3N6O/c19-18(20,21)13-4-2-1-3-12(13)14-5-6-16-24-9-15(27(16)26-14)17(28)25-11-7-22-10-23-8-11/h1-7,9,16,22-24H,8,10H2,(H,25,28). The summed E-state index contributed by atoms with van der Waals surface area (Å²) < 4.78 is 40.0. The van der Waals surface area contributed by atoms with Gasteiger partial charge in [0.1, 0.15) is 11.9 Å². The van der Waals surface area contributed by atoms with Gasteiger partial charge in [-0.1, -0.05) is 18.2 Å². The van der Waals surface area contributed by atoms with E-state index in [1.807, 2.05) is 0 Å². The fourth-order valence-corrected chi connectivity index (χ4v) is 3.09. The zero-order valence-electron chi connectivity index (χ0n) is 14.5. The van der Waals surface area contributed by atoms with Gasteiger partial charge >= 0.3 is 6.18 Å². The van der Waals surface area contributed by atoms with Gasteiger partial charge in [-0.05, 0) is 18.2 Å². The molecule has 1 amide bonds. The summed E-state index contributed by atoms with van der Waals surface area (Å²) in [5.41, 5.74) is 0.178. The van der Waals surface area contributed by atoms with Crippen molar-refractivity contribution in [2.24, 2.45) is 5.10 Å². The first kappa shape index (κ1) is 18.1. The molecule has 0 spiro atoms. The summed E-state index contributed by atoms with van der Waals surface area (Å²) in [7, 11) is 0. The minimum Gasteiger partial charge on any atom is -0.377 e. The molecule has 3 aliphatic heterocycles. The third kappa shape index (κ3) is 3.46. The van der Waals surface area contributed by atoms with E-state index in [0.29, 0.717) is 18.9 Å². The molecule has 1 aromatic rings. The van der Waals surface area contributed by atoms with Crippen molar-refractivity contribution in [3.05, 3.63) is 71.3 Å². The number of hydrazone groups is 1. The highest BCUT2D eigenvalue weighted by atomic mass is 19.4. The van der Waals surface area contributed by atoms with Gasteiger partial charge < -0.3 is 16.0 Å². The van der Waals surface area contributed by atoms with Gasteiger partial charge in [-0.2, -0.15) is 18.3 Å². The SMILES string of the molecule is O=C(NC1=CNCNC1)C1=CNC2C=CC(c3ccccc3C(F)(F)F)=NN12. The fourth-order valence-electron chi connectivity index (χ4n) is 3.09. The average molecular weight is 390 g/mol. The Morgan fingerprint density at radius 1 is 1.25 bits per heavy atom. The van der Waals surface area contributed by atoms with Crippen molar-refractivity contribution < 1.29 is 18.0 Å². The number of carbonyl (C=O) groups excluding carboxylic acids is 1. The van der Waals surface area contributed by atoms with Crippen LogP contribution in [0.2, 0.25) is 0 Å². The van der Waals surface area contributed by atoms with Gasteiger partial charge in [-0.25, -0.2) is 5.01 Å². The van der Waals surface area contributed by atoms with Crippen LogP contribution in [0, 0.1) is 0 Å². The second kappa shape index (κ2) is 7.04. The predicted octanol–water partition coefficient (Wildman–Crippen LogP) is 1.16. The van der Waals surface area contributed by atoms with E-state index in [2.05, 4.69) is 26.4 Å². The Kier molecular flexibility index (Phi) is 4.55. The van der Waals surface area contributed by atoms with Gasteiger partial charge in [0.15, 0.2) is 0 Å². The maximum absolute atomic E-state index is 13.3. The first-order valence-corrected chi connectivity index (χ1v) is 8.57. The zero-order chi connectivity index (χ0) is 19.7. The predicted molar refractivity (Wildman–Crippen MR) is 96.2 cm³/mol. The van der Waals surface area contributed by atoms with Crippen molar-refractivity contribution in [3.8, 4) is 0 Å². The molecule has 28 heavy (non-hydrogen) atoms. The van der Waals surface area contributed by atoms with E-state index >= 15 is 0 Å². The van der Waals surface area contributed by atoms with Crippen LogP contribution >= 0.6 is 0 Å². The van der Waals surface area contributed by atoms with Gasteiger partial charge in [0.25, 0.3) is 5.91 Å². The Balaban J connectivity index is 1.60. The average Bonchev–Trinajstić information content (AvgIpc) is 3.11. The summed E-state index contributed by atoms with van der Waals surface area (Å²) in [4.78, 5) is 12.6. The van der Waals surface area contributed by atoms with Crippen molar-refractivity contribution in [1.29, 1.82) is 0 Å². The lowest BCUT2D eigenvalue weighted by Gasteiger charge is -2.26. The van der Waals surface area contributed by atoms with E-state index < -0.39 is 23.8 Å². The summed E-state index contributed by atoms with van der Waals surface area (Å²) in [6.07, 6.45) is 1.44. The molecule has 7 nitrogen and oxygen atoms in total. The summed E-state index contributed by atoms with van der Waals surface area (Å²) >= 11 is 0. The Hall–Kier alpha value is -3.27. The molecule has 1 unspecified atom stereocenters. The van der Waals surface area contributed by atoms with Crippen molar-refractivity contribution in [3.63, 3.8) is 0 Å². The van der Waals surface area contributed by atoms with Gasteiger partial charge in [0.05, 0.1) is 17.9 Å². The van der Waals surface area contributed by atoms with Crippen LogP contribution in [0.3, 0.4) is 0 Å². The number of rotatable bonds is 3. The van der Waals surface area contributed by atoms with Crippen molar-refractivity contribution in [1.82, 2.24) is 26.3 Å². The third-order valence-corrected chi connectivity index (χ3v) is 4.39. The highest BCUT2D eigenvalue weighted by molar-refractivity contribution is 6.10. The smallest absolute Gasteiger partial charge is 0.377 e. The minimum absolute atomic E-state index is 0.0419. The summed E-state index contributed by atoms with van der Waals surface area (Å²) in [6, 6.07) is 5.23. The molecule has 1 aromatic carbocycles. The van der Waals surface area contributed by atoms with E-state index in [-0.39, 0.29) is 17.0 Å². The number of fused-ring (bicyclic) bond motifs is 1. The molecule has 0 saturated carbocycles. The molecule has 1 atom stereocenters.